The average molecular weight is 311 g/mol. The first-order valence-corrected chi connectivity index (χ1v) is 8.02. The molecule has 106 valence electrons. The molecule has 0 saturated carbocycles. The van der Waals surface area contributed by atoms with Gasteiger partial charge in [-0.3, -0.25) is 4.79 Å². The number of hydrogen-bond acceptors (Lipinski definition) is 5. The van der Waals surface area contributed by atoms with Gasteiger partial charge >= 0.3 is 0 Å². The van der Waals surface area contributed by atoms with Crippen molar-refractivity contribution in [1.29, 1.82) is 0 Å². The van der Waals surface area contributed by atoms with Crippen molar-refractivity contribution < 1.29 is 17.9 Å². The molecule has 5 nitrogen and oxygen atoms in total. The second kappa shape index (κ2) is 6.17. The van der Waals surface area contributed by atoms with Gasteiger partial charge in [0.2, 0.25) is 0 Å². The van der Waals surface area contributed by atoms with Crippen LogP contribution in [0, 0.1) is 0 Å². The molecule has 0 atom stereocenters. The molecule has 0 radical (unpaired) electrons. The third-order valence-corrected chi connectivity index (χ3v) is 5.40. The van der Waals surface area contributed by atoms with Crippen molar-refractivity contribution in [1.82, 2.24) is 0 Å². The number of carbonyl (C=O) groups is 1. The molecule has 1 aromatic heterocycles. The Morgan fingerprint density at radius 3 is 2.55 bits per heavy atom. The molecule has 20 heavy (non-hydrogen) atoms. The molecule has 0 spiro atoms. The second-order valence-electron chi connectivity index (χ2n) is 3.87. The van der Waals surface area contributed by atoms with E-state index < -0.39 is 10.0 Å². The number of anilines is 1. The SMILES string of the molecule is COCN(c1ccccc1)S(=O)(=O)c1ccsc1C=O. The van der Waals surface area contributed by atoms with Crippen LogP contribution in [0.2, 0.25) is 0 Å². The fraction of sp³-hybridized carbons (Fsp3) is 0.154. The number of thiophene rings is 1. The molecule has 0 unspecified atom stereocenters. The van der Waals surface area contributed by atoms with E-state index in [1.165, 1.54) is 13.2 Å². The molecule has 1 heterocycles. The van der Waals surface area contributed by atoms with E-state index in [1.807, 2.05) is 0 Å². The van der Waals surface area contributed by atoms with Gasteiger partial charge in [-0.1, -0.05) is 18.2 Å². The van der Waals surface area contributed by atoms with Gasteiger partial charge in [0.15, 0.2) is 6.29 Å². The Hall–Kier alpha value is -1.70. The monoisotopic (exact) mass is 311 g/mol. The van der Waals surface area contributed by atoms with Crippen LogP contribution < -0.4 is 4.31 Å². The first-order valence-electron chi connectivity index (χ1n) is 5.70. The van der Waals surface area contributed by atoms with Crippen LogP contribution in [-0.4, -0.2) is 28.5 Å². The van der Waals surface area contributed by atoms with Crippen molar-refractivity contribution >= 4 is 33.3 Å². The van der Waals surface area contributed by atoms with E-state index in [4.69, 9.17) is 4.74 Å². The highest BCUT2D eigenvalue weighted by Gasteiger charge is 2.28. The number of ether oxygens (including phenoxy) is 1. The van der Waals surface area contributed by atoms with Crippen LogP contribution in [0.15, 0.2) is 46.7 Å². The third-order valence-electron chi connectivity index (χ3n) is 2.62. The van der Waals surface area contributed by atoms with Gasteiger partial charge < -0.3 is 4.74 Å². The number of nitrogens with zero attached hydrogens (tertiary/aromatic N) is 1. The lowest BCUT2D eigenvalue weighted by Crippen LogP contribution is -2.33. The Labute approximate surface area is 121 Å². The summed E-state index contributed by atoms with van der Waals surface area (Å²) in [5.41, 5.74) is 0.484. The van der Waals surface area contributed by atoms with Crippen molar-refractivity contribution in [3.63, 3.8) is 0 Å². The topological polar surface area (TPSA) is 63.7 Å². The summed E-state index contributed by atoms with van der Waals surface area (Å²) in [7, 11) is -2.41. The van der Waals surface area contributed by atoms with E-state index in [9.17, 15) is 13.2 Å². The molecule has 0 amide bonds. The van der Waals surface area contributed by atoms with Gasteiger partial charge in [0.05, 0.1) is 10.6 Å². The molecule has 0 fully saturated rings. The van der Waals surface area contributed by atoms with Crippen LogP contribution in [0.1, 0.15) is 9.67 Å². The predicted molar refractivity (Wildman–Crippen MR) is 77.7 cm³/mol. The zero-order valence-electron chi connectivity index (χ0n) is 10.7. The first-order chi connectivity index (χ1) is 9.61. The van der Waals surface area contributed by atoms with Crippen molar-refractivity contribution in [2.75, 3.05) is 18.1 Å². The molecule has 2 aromatic rings. The Morgan fingerprint density at radius 2 is 1.95 bits per heavy atom. The minimum Gasteiger partial charge on any atom is -0.363 e. The zero-order valence-corrected chi connectivity index (χ0v) is 12.4. The Bertz CT molecular complexity index is 679. The standard InChI is InChI=1S/C13H13NO4S2/c1-18-10-14(11-5-3-2-4-6-11)20(16,17)13-7-8-19-12(13)9-15/h2-9H,10H2,1H3. The van der Waals surface area contributed by atoms with Crippen LogP contribution in [-0.2, 0) is 14.8 Å². The predicted octanol–water partition coefficient (Wildman–Crippen LogP) is 2.36. The van der Waals surface area contributed by atoms with Crippen LogP contribution >= 0.6 is 11.3 Å². The molecule has 1 aromatic carbocycles. The third kappa shape index (κ3) is 2.74. The highest BCUT2D eigenvalue weighted by molar-refractivity contribution is 7.93. The van der Waals surface area contributed by atoms with Gasteiger partial charge in [0.1, 0.15) is 11.6 Å². The lowest BCUT2D eigenvalue weighted by Gasteiger charge is -2.23. The molecule has 0 aliphatic carbocycles. The molecule has 0 saturated heterocycles. The van der Waals surface area contributed by atoms with Crippen molar-refractivity contribution in [2.45, 2.75) is 4.90 Å². The van der Waals surface area contributed by atoms with E-state index in [0.717, 1.165) is 15.6 Å². The number of para-hydroxylation sites is 1. The minimum atomic E-state index is -3.83. The quantitative estimate of drug-likeness (QED) is 0.607. The average Bonchev–Trinajstić information content (AvgIpc) is 2.94. The molecule has 0 aliphatic heterocycles. The summed E-state index contributed by atoms with van der Waals surface area (Å²) in [5, 5.41) is 1.58. The van der Waals surface area contributed by atoms with Crippen molar-refractivity contribution in [3.8, 4) is 0 Å². The summed E-state index contributed by atoms with van der Waals surface area (Å²) in [6.07, 6.45) is 0.549. The molecule has 7 heteroatoms. The number of benzene rings is 1. The molecular weight excluding hydrogens is 298 g/mol. The molecule has 2 rings (SSSR count). The summed E-state index contributed by atoms with van der Waals surface area (Å²) in [6.45, 7) is -0.125. The molecular formula is C13H13NO4S2. The number of sulfonamides is 1. The van der Waals surface area contributed by atoms with Crippen LogP contribution in [0.25, 0.3) is 0 Å². The van der Waals surface area contributed by atoms with E-state index in [2.05, 4.69) is 0 Å². The summed E-state index contributed by atoms with van der Waals surface area (Å²) in [4.78, 5) is 11.1. The fourth-order valence-electron chi connectivity index (χ4n) is 1.72. The van der Waals surface area contributed by atoms with E-state index in [-0.39, 0.29) is 16.5 Å². The van der Waals surface area contributed by atoms with Crippen LogP contribution in [0.3, 0.4) is 0 Å². The summed E-state index contributed by atoms with van der Waals surface area (Å²) in [5.74, 6) is 0. The van der Waals surface area contributed by atoms with Crippen molar-refractivity contribution in [2.24, 2.45) is 0 Å². The maximum absolute atomic E-state index is 12.7. The first kappa shape index (κ1) is 14.7. The normalized spacial score (nSPS) is 11.2. The minimum absolute atomic E-state index is 0.00148. The number of aldehydes is 1. The summed E-state index contributed by atoms with van der Waals surface area (Å²) >= 11 is 1.09. The van der Waals surface area contributed by atoms with Gasteiger partial charge in [-0.05, 0) is 23.6 Å². The largest absolute Gasteiger partial charge is 0.363 e. The summed E-state index contributed by atoms with van der Waals surface area (Å²) < 4.78 is 31.4. The zero-order chi connectivity index (χ0) is 14.6. The highest BCUT2D eigenvalue weighted by Crippen LogP contribution is 2.27. The second-order valence-corrected chi connectivity index (χ2v) is 6.65. The number of carbonyl (C=O) groups excluding carboxylic acids is 1. The lowest BCUT2D eigenvalue weighted by atomic mass is 10.3. The molecule has 0 aliphatic rings. The highest BCUT2D eigenvalue weighted by atomic mass is 32.2. The van der Waals surface area contributed by atoms with Crippen LogP contribution in [0.4, 0.5) is 5.69 Å². The van der Waals surface area contributed by atoms with Gasteiger partial charge in [-0.25, -0.2) is 12.7 Å². The smallest absolute Gasteiger partial charge is 0.267 e. The Balaban J connectivity index is 2.51. The Kier molecular flexibility index (Phi) is 4.53. The lowest BCUT2D eigenvalue weighted by molar-refractivity contribution is 0.112. The van der Waals surface area contributed by atoms with Crippen LogP contribution in [0.5, 0.6) is 0 Å². The van der Waals surface area contributed by atoms with Gasteiger partial charge in [-0.15, -0.1) is 11.3 Å². The molecule has 0 N–H and O–H groups in total. The van der Waals surface area contributed by atoms with E-state index in [1.54, 1.807) is 35.7 Å². The van der Waals surface area contributed by atoms with Gasteiger partial charge in [0.25, 0.3) is 10.0 Å². The number of hydrogen-bond donors (Lipinski definition) is 0. The van der Waals surface area contributed by atoms with E-state index in [0.29, 0.717) is 12.0 Å². The molecule has 0 bridgehead atoms. The number of methoxy groups -OCH3 is 1. The summed E-state index contributed by atoms with van der Waals surface area (Å²) in [6, 6.07) is 10.0. The van der Waals surface area contributed by atoms with Crippen molar-refractivity contribution in [3.05, 3.63) is 46.7 Å². The van der Waals surface area contributed by atoms with E-state index >= 15 is 0 Å². The maximum atomic E-state index is 12.7. The maximum Gasteiger partial charge on any atom is 0.267 e. The Morgan fingerprint density at radius 1 is 1.25 bits per heavy atom. The van der Waals surface area contributed by atoms with Gasteiger partial charge in [0, 0.05) is 7.11 Å². The fourth-order valence-corrected chi connectivity index (χ4v) is 4.28. The van der Waals surface area contributed by atoms with Gasteiger partial charge in [-0.2, -0.15) is 0 Å². The number of rotatable bonds is 6.